The lowest BCUT2D eigenvalue weighted by Crippen LogP contribution is -1.96. The summed E-state index contributed by atoms with van der Waals surface area (Å²) in [5.74, 6) is 1.39. The number of phenols is 2. The van der Waals surface area contributed by atoms with Gasteiger partial charge < -0.3 is 19.7 Å². The molecule has 2 rings (SSSR count). The second-order valence-electron chi connectivity index (χ2n) is 6.33. The molecule has 0 aliphatic carbocycles. The molecule has 6 heteroatoms. The van der Waals surface area contributed by atoms with Crippen LogP contribution in [-0.2, 0) is 0 Å². The highest BCUT2D eigenvalue weighted by atomic mass is 16.5. The Bertz CT molecular complexity index is 736. The molecule has 0 fully saturated rings. The second kappa shape index (κ2) is 11.6. The molecule has 0 aliphatic rings. The molecule has 6 nitrogen and oxygen atoms in total. The largest absolute Gasteiger partial charge is 0.507 e. The fourth-order valence-corrected chi connectivity index (χ4v) is 2.30. The van der Waals surface area contributed by atoms with E-state index in [1.807, 2.05) is 0 Å². The first kappa shape index (κ1) is 21.3. The number of rotatable bonds is 11. The molecule has 0 radical (unpaired) electrons. The number of aromatic hydroxyl groups is 2. The van der Waals surface area contributed by atoms with Crippen LogP contribution in [0.4, 0.5) is 0 Å². The molecule has 0 spiro atoms. The minimum absolute atomic E-state index is 0.0735. The van der Waals surface area contributed by atoms with Gasteiger partial charge in [0.25, 0.3) is 0 Å². The SMILES string of the molecule is CCCCOc1ccc(/C=N/N=C/c2ccc(OCCCC)cc2O)c(O)c1. The maximum absolute atomic E-state index is 10.1. The number of hydrogen-bond donors (Lipinski definition) is 2. The second-order valence-corrected chi connectivity index (χ2v) is 6.33. The van der Waals surface area contributed by atoms with Crippen molar-refractivity contribution in [2.24, 2.45) is 10.2 Å². The van der Waals surface area contributed by atoms with Crippen LogP contribution < -0.4 is 9.47 Å². The van der Waals surface area contributed by atoms with Crippen molar-refractivity contribution >= 4 is 12.4 Å². The third kappa shape index (κ3) is 6.95. The first-order valence-corrected chi connectivity index (χ1v) is 9.62. The molecular formula is C22H28N2O4. The van der Waals surface area contributed by atoms with Crippen molar-refractivity contribution < 1.29 is 19.7 Å². The smallest absolute Gasteiger partial charge is 0.128 e. The van der Waals surface area contributed by atoms with Crippen molar-refractivity contribution in [2.45, 2.75) is 39.5 Å². The summed E-state index contributed by atoms with van der Waals surface area (Å²) in [5.41, 5.74) is 1.06. The topological polar surface area (TPSA) is 83.6 Å². The summed E-state index contributed by atoms with van der Waals surface area (Å²) in [6.45, 7) is 5.44. The van der Waals surface area contributed by atoms with E-state index in [1.54, 1.807) is 36.4 Å². The van der Waals surface area contributed by atoms with E-state index in [0.29, 0.717) is 35.8 Å². The van der Waals surface area contributed by atoms with Gasteiger partial charge in [-0.15, -0.1) is 0 Å². The van der Waals surface area contributed by atoms with Crippen LogP contribution in [0.5, 0.6) is 23.0 Å². The summed E-state index contributed by atoms with van der Waals surface area (Å²) < 4.78 is 11.1. The van der Waals surface area contributed by atoms with E-state index in [0.717, 1.165) is 25.7 Å². The van der Waals surface area contributed by atoms with Gasteiger partial charge in [0.1, 0.15) is 23.0 Å². The minimum Gasteiger partial charge on any atom is -0.507 e. The molecule has 2 aromatic rings. The zero-order valence-electron chi connectivity index (χ0n) is 16.5. The Balaban J connectivity index is 1.93. The van der Waals surface area contributed by atoms with Crippen LogP contribution in [0, 0.1) is 0 Å². The molecule has 0 unspecified atom stereocenters. The first-order chi connectivity index (χ1) is 13.6. The monoisotopic (exact) mass is 384 g/mol. The minimum atomic E-state index is 0.0735. The van der Waals surface area contributed by atoms with Crippen LogP contribution in [-0.4, -0.2) is 35.9 Å². The molecule has 0 atom stereocenters. The highest BCUT2D eigenvalue weighted by Crippen LogP contribution is 2.24. The van der Waals surface area contributed by atoms with Crippen molar-refractivity contribution in [1.82, 2.24) is 0 Å². The summed E-state index contributed by atoms with van der Waals surface area (Å²) in [7, 11) is 0. The van der Waals surface area contributed by atoms with E-state index in [4.69, 9.17) is 9.47 Å². The molecule has 0 aromatic heterocycles. The number of hydrogen-bond acceptors (Lipinski definition) is 6. The van der Waals surface area contributed by atoms with E-state index in [1.165, 1.54) is 12.4 Å². The van der Waals surface area contributed by atoms with Crippen molar-refractivity contribution in [3.05, 3.63) is 47.5 Å². The molecule has 0 bridgehead atoms. The van der Waals surface area contributed by atoms with Crippen molar-refractivity contribution in [3.63, 3.8) is 0 Å². The lowest BCUT2D eigenvalue weighted by atomic mass is 10.2. The zero-order valence-corrected chi connectivity index (χ0v) is 16.5. The Hall–Kier alpha value is -3.02. The Kier molecular flexibility index (Phi) is 8.85. The predicted molar refractivity (Wildman–Crippen MR) is 112 cm³/mol. The fraction of sp³-hybridized carbons (Fsp3) is 0.364. The summed E-state index contributed by atoms with van der Waals surface area (Å²) in [4.78, 5) is 0. The van der Waals surface area contributed by atoms with Crippen molar-refractivity contribution in [1.29, 1.82) is 0 Å². The van der Waals surface area contributed by atoms with Gasteiger partial charge in [-0.2, -0.15) is 10.2 Å². The lowest BCUT2D eigenvalue weighted by molar-refractivity contribution is 0.307. The Morgan fingerprint density at radius 2 is 1.18 bits per heavy atom. The van der Waals surface area contributed by atoms with E-state index in [2.05, 4.69) is 24.1 Å². The third-order valence-electron chi connectivity index (χ3n) is 4.00. The van der Waals surface area contributed by atoms with Gasteiger partial charge in [-0.25, -0.2) is 0 Å². The summed E-state index contributed by atoms with van der Waals surface area (Å²) in [5, 5.41) is 28.0. The molecule has 0 amide bonds. The summed E-state index contributed by atoms with van der Waals surface area (Å²) in [6, 6.07) is 10.1. The average Bonchev–Trinajstić information content (AvgIpc) is 2.68. The van der Waals surface area contributed by atoms with E-state index in [-0.39, 0.29) is 11.5 Å². The maximum Gasteiger partial charge on any atom is 0.128 e. The van der Waals surface area contributed by atoms with Crippen molar-refractivity contribution in [2.75, 3.05) is 13.2 Å². The van der Waals surface area contributed by atoms with Gasteiger partial charge in [-0.05, 0) is 37.1 Å². The van der Waals surface area contributed by atoms with Gasteiger partial charge >= 0.3 is 0 Å². The van der Waals surface area contributed by atoms with Crippen LogP contribution >= 0.6 is 0 Å². The van der Waals surface area contributed by atoms with Crippen molar-refractivity contribution in [3.8, 4) is 23.0 Å². The molecule has 0 heterocycles. The quantitative estimate of drug-likeness (QED) is 0.328. The fourth-order valence-electron chi connectivity index (χ4n) is 2.30. The molecule has 0 aliphatic heterocycles. The number of ether oxygens (including phenoxy) is 2. The molecular weight excluding hydrogens is 356 g/mol. The van der Waals surface area contributed by atoms with Gasteiger partial charge in [-0.3, -0.25) is 0 Å². The Labute approximate surface area is 166 Å². The molecule has 0 saturated carbocycles. The van der Waals surface area contributed by atoms with Gasteiger partial charge in [0, 0.05) is 23.3 Å². The van der Waals surface area contributed by atoms with E-state index >= 15 is 0 Å². The number of benzene rings is 2. The van der Waals surface area contributed by atoms with E-state index < -0.39 is 0 Å². The summed E-state index contributed by atoms with van der Waals surface area (Å²) >= 11 is 0. The van der Waals surface area contributed by atoms with Crippen LogP contribution in [0.25, 0.3) is 0 Å². The van der Waals surface area contributed by atoms with Gasteiger partial charge in [0.05, 0.1) is 25.6 Å². The first-order valence-electron chi connectivity index (χ1n) is 9.62. The molecule has 2 N–H and O–H groups in total. The zero-order chi connectivity index (χ0) is 20.2. The normalized spacial score (nSPS) is 11.4. The number of unbranched alkanes of at least 4 members (excludes halogenated alkanes) is 2. The number of nitrogens with zero attached hydrogens (tertiary/aromatic N) is 2. The van der Waals surface area contributed by atoms with Crippen LogP contribution in [0.2, 0.25) is 0 Å². The maximum atomic E-state index is 10.1. The predicted octanol–water partition coefficient (Wildman–Crippen LogP) is 4.91. The number of phenolic OH excluding ortho intramolecular Hbond substituents is 2. The standard InChI is InChI=1S/C22H28N2O4/c1-3-5-11-27-19-9-7-17(21(25)13-19)15-23-24-16-18-8-10-20(14-22(18)26)28-12-6-4-2/h7-10,13-16,25-26H,3-6,11-12H2,1-2H3/b23-15+,24-16+. The third-order valence-corrected chi connectivity index (χ3v) is 4.00. The van der Waals surface area contributed by atoms with Crippen LogP contribution in [0.3, 0.4) is 0 Å². The summed E-state index contributed by atoms with van der Waals surface area (Å²) in [6.07, 6.45) is 6.94. The van der Waals surface area contributed by atoms with Gasteiger partial charge in [0.2, 0.25) is 0 Å². The van der Waals surface area contributed by atoms with Gasteiger partial charge in [-0.1, -0.05) is 26.7 Å². The van der Waals surface area contributed by atoms with Gasteiger partial charge in [0.15, 0.2) is 0 Å². The molecule has 2 aromatic carbocycles. The Morgan fingerprint density at radius 1 is 0.750 bits per heavy atom. The highest BCUT2D eigenvalue weighted by molar-refractivity contribution is 5.86. The molecule has 150 valence electrons. The lowest BCUT2D eigenvalue weighted by Gasteiger charge is -2.06. The average molecular weight is 384 g/mol. The van der Waals surface area contributed by atoms with Crippen LogP contribution in [0.1, 0.15) is 50.7 Å². The molecule has 0 saturated heterocycles. The van der Waals surface area contributed by atoms with E-state index in [9.17, 15) is 10.2 Å². The Morgan fingerprint density at radius 3 is 1.54 bits per heavy atom. The highest BCUT2D eigenvalue weighted by Gasteiger charge is 2.03. The van der Waals surface area contributed by atoms with Crippen LogP contribution in [0.15, 0.2) is 46.6 Å². The molecule has 28 heavy (non-hydrogen) atoms.